The third-order valence-electron chi connectivity index (χ3n) is 6.70. The Morgan fingerprint density at radius 1 is 1.30 bits per heavy atom. The fourth-order valence-electron chi connectivity index (χ4n) is 4.65. The Kier molecular flexibility index (Phi) is 9.47. The number of hydrogen-bond donors (Lipinski definition) is 1. The van der Waals surface area contributed by atoms with Gasteiger partial charge >= 0.3 is 0 Å². The molecule has 1 aliphatic rings. The number of nitrogens with zero attached hydrogens (tertiary/aromatic N) is 7. The van der Waals surface area contributed by atoms with E-state index in [1.54, 1.807) is 24.3 Å². The smallest absolute Gasteiger partial charge is 0.254 e. The van der Waals surface area contributed by atoms with Crippen molar-refractivity contribution < 1.29 is 9.59 Å². The topological polar surface area (TPSA) is 109 Å². The number of piperidine rings is 1. The molecule has 1 atom stereocenters. The molecule has 4 heterocycles. The van der Waals surface area contributed by atoms with Crippen LogP contribution in [0, 0.1) is 6.92 Å². The van der Waals surface area contributed by atoms with E-state index in [0.717, 1.165) is 37.9 Å². The third kappa shape index (κ3) is 7.25. The first kappa shape index (κ1) is 27.4. The summed E-state index contributed by atoms with van der Waals surface area (Å²) in [4.78, 5) is 35.5. The maximum Gasteiger partial charge on any atom is 0.254 e. The average molecular weight is 566 g/mol. The lowest BCUT2D eigenvalue weighted by Gasteiger charge is -2.40. The SMILES string of the molecule is Cc1cc(Cl)nc(Cl)c1C(=O)NCCC(C)N1CCC(N(Cc2ccsc2)C(=O)Cn2ncnn2)CC1. The fourth-order valence-corrected chi connectivity index (χ4v) is 5.92. The Morgan fingerprint density at radius 3 is 2.73 bits per heavy atom. The summed E-state index contributed by atoms with van der Waals surface area (Å²) in [6.07, 6.45) is 3.88. The van der Waals surface area contributed by atoms with Gasteiger partial charge in [0.15, 0.2) is 6.33 Å². The number of rotatable bonds is 10. The molecule has 1 aliphatic heterocycles. The minimum absolute atomic E-state index is 0.0101. The van der Waals surface area contributed by atoms with E-state index in [1.807, 2.05) is 10.3 Å². The largest absolute Gasteiger partial charge is 0.352 e. The predicted molar refractivity (Wildman–Crippen MR) is 143 cm³/mol. The van der Waals surface area contributed by atoms with Crippen molar-refractivity contribution in [2.45, 2.75) is 58.3 Å². The number of carbonyl (C=O) groups is 2. The van der Waals surface area contributed by atoms with E-state index >= 15 is 0 Å². The number of pyridine rings is 1. The summed E-state index contributed by atoms with van der Waals surface area (Å²) in [5.74, 6) is -0.258. The molecule has 13 heteroatoms. The van der Waals surface area contributed by atoms with E-state index in [9.17, 15) is 9.59 Å². The van der Waals surface area contributed by atoms with Crippen LogP contribution in [-0.4, -0.2) is 78.5 Å². The van der Waals surface area contributed by atoms with Gasteiger partial charge < -0.3 is 15.1 Å². The molecule has 1 unspecified atom stereocenters. The number of nitrogens with one attached hydrogen (secondary N) is 1. The molecular weight excluding hydrogens is 535 g/mol. The molecule has 2 amide bonds. The standard InChI is InChI=1S/C24H30Cl2N8O2S/c1-16-11-20(25)30-23(26)22(16)24(36)27-7-3-17(2)32-8-4-19(5-9-32)33(12-18-6-10-37-14-18)21(35)13-34-29-15-28-31-34/h6,10-11,14-15,17,19H,3-5,7-9,12-13H2,1-2H3,(H,27,36). The van der Waals surface area contributed by atoms with Crippen LogP contribution in [0.15, 0.2) is 29.2 Å². The molecule has 3 aromatic rings. The first-order valence-corrected chi connectivity index (χ1v) is 13.9. The first-order valence-electron chi connectivity index (χ1n) is 12.2. The average Bonchev–Trinajstić information content (AvgIpc) is 3.56. The van der Waals surface area contributed by atoms with E-state index in [0.29, 0.717) is 24.2 Å². The number of aromatic nitrogens is 5. The predicted octanol–water partition coefficient (Wildman–Crippen LogP) is 3.45. The molecule has 198 valence electrons. The Bertz CT molecular complexity index is 1160. The van der Waals surface area contributed by atoms with Crippen molar-refractivity contribution in [1.82, 2.24) is 40.3 Å². The molecule has 4 rings (SSSR count). The van der Waals surface area contributed by atoms with Gasteiger partial charge in [-0.25, -0.2) is 4.98 Å². The van der Waals surface area contributed by atoms with Crippen LogP contribution >= 0.6 is 34.5 Å². The van der Waals surface area contributed by atoms with Gasteiger partial charge in [-0.3, -0.25) is 9.59 Å². The number of aryl methyl sites for hydroxylation is 1. The number of amides is 2. The van der Waals surface area contributed by atoms with Gasteiger partial charge in [-0.1, -0.05) is 23.2 Å². The van der Waals surface area contributed by atoms with Gasteiger partial charge in [-0.05, 0) is 72.3 Å². The molecule has 1 fully saturated rings. The van der Waals surface area contributed by atoms with Crippen molar-refractivity contribution in [3.63, 3.8) is 0 Å². The van der Waals surface area contributed by atoms with Gasteiger partial charge in [-0.15, -0.1) is 10.2 Å². The zero-order valence-corrected chi connectivity index (χ0v) is 23.1. The van der Waals surface area contributed by atoms with Gasteiger partial charge in [0.05, 0.1) is 5.56 Å². The number of halogens is 2. The molecular formula is C24H30Cl2N8O2S. The van der Waals surface area contributed by atoms with Crippen molar-refractivity contribution in [2.75, 3.05) is 19.6 Å². The van der Waals surface area contributed by atoms with Crippen molar-refractivity contribution in [2.24, 2.45) is 0 Å². The molecule has 1 N–H and O–H groups in total. The summed E-state index contributed by atoms with van der Waals surface area (Å²) in [5, 5.41) is 19.0. The van der Waals surface area contributed by atoms with Crippen LogP contribution in [0.25, 0.3) is 0 Å². The van der Waals surface area contributed by atoms with E-state index in [4.69, 9.17) is 23.2 Å². The van der Waals surface area contributed by atoms with Crippen LogP contribution in [-0.2, 0) is 17.9 Å². The zero-order chi connectivity index (χ0) is 26.4. The Balaban J connectivity index is 1.28. The van der Waals surface area contributed by atoms with Crippen LogP contribution in [0.4, 0.5) is 0 Å². The van der Waals surface area contributed by atoms with Crippen LogP contribution in [0.3, 0.4) is 0 Å². The normalized spacial score (nSPS) is 15.5. The van der Waals surface area contributed by atoms with Crippen molar-refractivity contribution in [3.8, 4) is 0 Å². The van der Waals surface area contributed by atoms with E-state index in [2.05, 4.69) is 49.0 Å². The summed E-state index contributed by atoms with van der Waals surface area (Å²) in [5.41, 5.74) is 2.18. The van der Waals surface area contributed by atoms with Gasteiger partial charge in [-0.2, -0.15) is 16.1 Å². The molecule has 0 aliphatic carbocycles. The quantitative estimate of drug-likeness (QED) is 0.375. The number of thiophene rings is 1. The lowest BCUT2D eigenvalue weighted by molar-refractivity contribution is -0.136. The van der Waals surface area contributed by atoms with Gasteiger partial charge in [0.1, 0.15) is 16.9 Å². The molecule has 0 radical (unpaired) electrons. The highest BCUT2D eigenvalue weighted by Gasteiger charge is 2.30. The molecule has 0 spiro atoms. The Labute approximate surface area is 229 Å². The molecule has 0 saturated carbocycles. The molecule has 3 aromatic heterocycles. The second kappa shape index (κ2) is 12.8. The number of tetrazole rings is 1. The minimum Gasteiger partial charge on any atom is -0.352 e. The summed E-state index contributed by atoms with van der Waals surface area (Å²) in [7, 11) is 0. The van der Waals surface area contributed by atoms with Crippen LogP contribution < -0.4 is 5.32 Å². The highest BCUT2D eigenvalue weighted by atomic mass is 35.5. The van der Waals surface area contributed by atoms with Gasteiger partial charge in [0.25, 0.3) is 5.91 Å². The number of carbonyl (C=O) groups excluding carboxylic acids is 2. The van der Waals surface area contributed by atoms with Crippen LogP contribution in [0.1, 0.15) is 47.7 Å². The van der Waals surface area contributed by atoms with Gasteiger partial charge in [0, 0.05) is 38.3 Å². The lowest BCUT2D eigenvalue weighted by Crippen LogP contribution is -2.50. The maximum atomic E-state index is 13.2. The number of likely N-dealkylation sites (tertiary alicyclic amines) is 1. The van der Waals surface area contributed by atoms with Crippen LogP contribution in [0.5, 0.6) is 0 Å². The molecule has 10 nitrogen and oxygen atoms in total. The molecule has 0 bridgehead atoms. The molecule has 1 saturated heterocycles. The molecule has 37 heavy (non-hydrogen) atoms. The second-order valence-electron chi connectivity index (χ2n) is 9.21. The maximum absolute atomic E-state index is 13.2. The third-order valence-corrected chi connectivity index (χ3v) is 7.90. The van der Waals surface area contributed by atoms with Crippen molar-refractivity contribution in [3.05, 3.63) is 56.2 Å². The lowest BCUT2D eigenvalue weighted by atomic mass is 10.00. The fraction of sp³-hybridized carbons (Fsp3) is 0.500. The van der Waals surface area contributed by atoms with Gasteiger partial charge in [0.2, 0.25) is 5.91 Å². The number of hydrogen-bond acceptors (Lipinski definition) is 8. The summed E-state index contributed by atoms with van der Waals surface area (Å²) in [6.45, 7) is 6.88. The summed E-state index contributed by atoms with van der Waals surface area (Å²) >= 11 is 13.7. The Morgan fingerprint density at radius 2 is 2.08 bits per heavy atom. The first-order chi connectivity index (χ1) is 17.8. The van der Waals surface area contributed by atoms with Crippen LogP contribution in [0.2, 0.25) is 10.3 Å². The minimum atomic E-state index is -0.248. The highest BCUT2D eigenvalue weighted by Crippen LogP contribution is 2.23. The van der Waals surface area contributed by atoms with E-state index in [-0.39, 0.29) is 40.7 Å². The highest BCUT2D eigenvalue weighted by molar-refractivity contribution is 7.07. The van der Waals surface area contributed by atoms with Crippen molar-refractivity contribution in [1.29, 1.82) is 0 Å². The second-order valence-corrected chi connectivity index (χ2v) is 10.7. The van der Waals surface area contributed by atoms with Crippen molar-refractivity contribution >= 4 is 46.4 Å². The van der Waals surface area contributed by atoms with E-state index < -0.39 is 0 Å². The molecule has 0 aromatic carbocycles. The monoisotopic (exact) mass is 564 g/mol. The summed E-state index contributed by atoms with van der Waals surface area (Å²) < 4.78 is 0. The Hall–Kier alpha value is -2.60. The van der Waals surface area contributed by atoms with E-state index in [1.165, 1.54) is 11.1 Å². The summed E-state index contributed by atoms with van der Waals surface area (Å²) in [6, 6.07) is 4.10. The zero-order valence-electron chi connectivity index (χ0n) is 20.8.